The molecule has 1 aliphatic heterocycles. The second-order valence-electron chi connectivity index (χ2n) is 5.88. The maximum Gasteiger partial charge on any atom is 0.239 e. The van der Waals surface area contributed by atoms with Gasteiger partial charge in [-0.25, -0.2) is 0 Å². The molecule has 2 rings (SSSR count). The predicted molar refractivity (Wildman–Crippen MR) is 69.8 cm³/mol. The van der Waals surface area contributed by atoms with Gasteiger partial charge < -0.3 is 10.2 Å². The van der Waals surface area contributed by atoms with E-state index < -0.39 is 0 Å². The fraction of sp³-hybridized carbons (Fsp3) is 0.929. The summed E-state index contributed by atoms with van der Waals surface area (Å²) in [6.07, 6.45) is 8.42. The van der Waals surface area contributed by atoms with Crippen molar-refractivity contribution in [3.8, 4) is 0 Å². The Morgan fingerprint density at radius 2 is 2.00 bits per heavy atom. The topological polar surface area (TPSA) is 32.3 Å². The van der Waals surface area contributed by atoms with Crippen LogP contribution in [0.4, 0.5) is 0 Å². The van der Waals surface area contributed by atoms with Crippen molar-refractivity contribution in [1.29, 1.82) is 0 Å². The van der Waals surface area contributed by atoms with Crippen molar-refractivity contribution < 1.29 is 4.79 Å². The number of rotatable bonds is 2. The number of hydrogen-bond acceptors (Lipinski definition) is 2. The highest BCUT2D eigenvalue weighted by molar-refractivity contribution is 5.82. The molecule has 1 N–H and O–H groups in total. The molecule has 98 valence electrons. The quantitative estimate of drug-likeness (QED) is 0.799. The minimum Gasteiger partial charge on any atom is -0.341 e. The van der Waals surface area contributed by atoms with Gasteiger partial charge >= 0.3 is 0 Å². The number of nitrogens with one attached hydrogen (secondary N) is 1. The fourth-order valence-corrected chi connectivity index (χ4v) is 3.24. The third kappa shape index (κ3) is 3.21. The average molecular weight is 238 g/mol. The first-order valence-corrected chi connectivity index (χ1v) is 7.18. The third-order valence-corrected chi connectivity index (χ3v) is 4.41. The normalized spacial score (nSPS) is 34.4. The van der Waals surface area contributed by atoms with E-state index in [0.717, 1.165) is 18.9 Å². The van der Waals surface area contributed by atoms with E-state index in [1.165, 1.54) is 38.5 Å². The Labute approximate surface area is 105 Å². The summed E-state index contributed by atoms with van der Waals surface area (Å²) in [7, 11) is 2.00. The van der Waals surface area contributed by atoms with Gasteiger partial charge in [-0.3, -0.25) is 4.79 Å². The molecule has 0 aromatic rings. The maximum absolute atomic E-state index is 12.4. The van der Waals surface area contributed by atoms with Crippen molar-refractivity contribution in [2.75, 3.05) is 13.6 Å². The molecule has 0 bridgehead atoms. The molecule has 1 saturated heterocycles. The summed E-state index contributed by atoms with van der Waals surface area (Å²) in [5.74, 6) is 1.10. The highest BCUT2D eigenvalue weighted by atomic mass is 16.2. The van der Waals surface area contributed by atoms with E-state index in [1.807, 2.05) is 11.9 Å². The molecule has 1 aliphatic carbocycles. The summed E-state index contributed by atoms with van der Waals surface area (Å²) >= 11 is 0. The van der Waals surface area contributed by atoms with Gasteiger partial charge in [0.1, 0.15) is 0 Å². The number of nitrogens with zero attached hydrogens (tertiary/aromatic N) is 1. The van der Waals surface area contributed by atoms with Crippen LogP contribution in [0.2, 0.25) is 0 Å². The largest absolute Gasteiger partial charge is 0.341 e. The molecule has 0 spiro atoms. The molecule has 3 atom stereocenters. The summed E-state index contributed by atoms with van der Waals surface area (Å²) in [4.78, 5) is 14.4. The molecule has 0 aromatic carbocycles. The lowest BCUT2D eigenvalue weighted by molar-refractivity contribution is -0.135. The fourth-order valence-electron chi connectivity index (χ4n) is 3.24. The van der Waals surface area contributed by atoms with Crippen LogP contribution in [0.1, 0.15) is 51.9 Å². The third-order valence-electron chi connectivity index (χ3n) is 4.41. The number of likely N-dealkylation sites (N-methyl/N-ethyl adjacent to an activating group) is 1. The van der Waals surface area contributed by atoms with Crippen LogP contribution in [0.3, 0.4) is 0 Å². The van der Waals surface area contributed by atoms with Crippen molar-refractivity contribution in [1.82, 2.24) is 10.2 Å². The molecule has 2 fully saturated rings. The monoisotopic (exact) mass is 238 g/mol. The van der Waals surface area contributed by atoms with Crippen LogP contribution in [-0.2, 0) is 4.79 Å². The van der Waals surface area contributed by atoms with Gasteiger partial charge in [-0.2, -0.15) is 0 Å². The summed E-state index contributed by atoms with van der Waals surface area (Å²) in [5.41, 5.74) is 0. The molecule has 0 radical (unpaired) electrons. The lowest BCUT2D eigenvalue weighted by Gasteiger charge is -2.37. The molecule has 3 heteroatoms. The zero-order valence-corrected chi connectivity index (χ0v) is 11.2. The van der Waals surface area contributed by atoms with Gasteiger partial charge in [0, 0.05) is 13.1 Å². The zero-order chi connectivity index (χ0) is 12.3. The van der Waals surface area contributed by atoms with Gasteiger partial charge in [0.05, 0.1) is 6.04 Å². The Morgan fingerprint density at radius 3 is 2.65 bits per heavy atom. The SMILES string of the molecule is CC1CCCC(N(C)C(=O)C2CCCCN2)C1. The van der Waals surface area contributed by atoms with Crippen molar-refractivity contribution >= 4 is 5.91 Å². The Bertz CT molecular complexity index is 261. The van der Waals surface area contributed by atoms with Crippen LogP contribution in [-0.4, -0.2) is 36.5 Å². The first-order chi connectivity index (χ1) is 8.18. The molecule has 3 nitrogen and oxygen atoms in total. The molecule has 1 saturated carbocycles. The Morgan fingerprint density at radius 1 is 1.18 bits per heavy atom. The average Bonchev–Trinajstić information content (AvgIpc) is 2.38. The van der Waals surface area contributed by atoms with Crippen LogP contribution in [0, 0.1) is 5.92 Å². The van der Waals surface area contributed by atoms with Crippen molar-refractivity contribution in [2.24, 2.45) is 5.92 Å². The first-order valence-electron chi connectivity index (χ1n) is 7.18. The first kappa shape index (κ1) is 12.9. The van der Waals surface area contributed by atoms with Gasteiger partial charge in [0.25, 0.3) is 0 Å². The molecule has 17 heavy (non-hydrogen) atoms. The predicted octanol–water partition coefficient (Wildman–Crippen LogP) is 2.17. The van der Waals surface area contributed by atoms with E-state index in [1.54, 1.807) is 0 Å². The lowest BCUT2D eigenvalue weighted by atomic mass is 9.86. The molecule has 1 heterocycles. The van der Waals surface area contributed by atoms with Gasteiger partial charge in [-0.05, 0) is 38.1 Å². The minimum atomic E-state index is 0.0889. The van der Waals surface area contributed by atoms with Crippen molar-refractivity contribution in [3.63, 3.8) is 0 Å². The maximum atomic E-state index is 12.4. The minimum absolute atomic E-state index is 0.0889. The number of hydrogen-bond donors (Lipinski definition) is 1. The summed E-state index contributed by atoms with van der Waals surface area (Å²) < 4.78 is 0. The summed E-state index contributed by atoms with van der Waals surface area (Å²) in [5, 5.41) is 3.36. The molecule has 2 aliphatic rings. The van der Waals surface area contributed by atoms with E-state index in [-0.39, 0.29) is 6.04 Å². The van der Waals surface area contributed by atoms with E-state index in [9.17, 15) is 4.79 Å². The highest BCUT2D eigenvalue weighted by Gasteiger charge is 2.30. The van der Waals surface area contributed by atoms with E-state index in [4.69, 9.17) is 0 Å². The second kappa shape index (κ2) is 5.85. The highest BCUT2D eigenvalue weighted by Crippen LogP contribution is 2.27. The van der Waals surface area contributed by atoms with E-state index in [2.05, 4.69) is 12.2 Å². The summed E-state index contributed by atoms with van der Waals surface area (Å²) in [6, 6.07) is 0.570. The Hall–Kier alpha value is -0.570. The molecular formula is C14H26N2O. The van der Waals surface area contributed by atoms with Crippen molar-refractivity contribution in [2.45, 2.75) is 64.0 Å². The van der Waals surface area contributed by atoms with Gasteiger partial charge in [-0.1, -0.05) is 26.2 Å². The molecule has 1 amide bonds. The zero-order valence-electron chi connectivity index (χ0n) is 11.2. The lowest BCUT2D eigenvalue weighted by Crippen LogP contribution is -2.51. The van der Waals surface area contributed by atoms with Gasteiger partial charge in [0.15, 0.2) is 0 Å². The van der Waals surface area contributed by atoms with Crippen LogP contribution in [0.25, 0.3) is 0 Å². The smallest absolute Gasteiger partial charge is 0.239 e. The van der Waals surface area contributed by atoms with Crippen LogP contribution in [0.15, 0.2) is 0 Å². The van der Waals surface area contributed by atoms with E-state index >= 15 is 0 Å². The Balaban J connectivity index is 1.89. The van der Waals surface area contributed by atoms with Gasteiger partial charge in [-0.15, -0.1) is 0 Å². The second-order valence-corrected chi connectivity index (χ2v) is 5.88. The number of carbonyl (C=O) groups excluding carboxylic acids is 1. The number of amides is 1. The molecule has 3 unspecified atom stereocenters. The molecular weight excluding hydrogens is 212 g/mol. The Kier molecular flexibility index (Phi) is 4.43. The molecule has 0 aromatic heterocycles. The number of piperidine rings is 1. The standard InChI is InChI=1S/C14H26N2O/c1-11-6-5-7-12(10-11)16(2)14(17)13-8-3-4-9-15-13/h11-13,15H,3-10H2,1-2H3. The van der Waals surface area contributed by atoms with Crippen LogP contribution in [0.5, 0.6) is 0 Å². The van der Waals surface area contributed by atoms with Gasteiger partial charge in [0.2, 0.25) is 5.91 Å². The van der Waals surface area contributed by atoms with Crippen molar-refractivity contribution in [3.05, 3.63) is 0 Å². The number of carbonyl (C=O) groups is 1. The summed E-state index contributed by atoms with van der Waals surface area (Å²) in [6.45, 7) is 3.31. The van der Waals surface area contributed by atoms with Crippen LogP contribution < -0.4 is 5.32 Å². The van der Waals surface area contributed by atoms with Crippen LogP contribution >= 0.6 is 0 Å². The van der Waals surface area contributed by atoms with E-state index in [0.29, 0.717) is 11.9 Å².